The quantitative estimate of drug-likeness (QED) is 0.617. The molecule has 0 aliphatic rings. The second-order valence-electron chi connectivity index (χ2n) is 1.51. The van der Waals surface area contributed by atoms with Crippen LogP contribution in [-0.2, 0) is 0 Å². The first-order chi connectivity index (χ1) is 6.43. The molecular formula is C11H17NO. The number of nitriles is 1. The summed E-state index contributed by atoms with van der Waals surface area (Å²) in [5, 5.41) is 8.05. The van der Waals surface area contributed by atoms with Crippen molar-refractivity contribution < 1.29 is 4.74 Å². The van der Waals surface area contributed by atoms with Gasteiger partial charge in [-0.2, -0.15) is 0 Å². The number of para-hydroxylation sites is 1. The van der Waals surface area contributed by atoms with Gasteiger partial charge in [0.05, 0.1) is 0 Å². The van der Waals surface area contributed by atoms with E-state index >= 15 is 0 Å². The monoisotopic (exact) mass is 179 g/mol. The van der Waals surface area contributed by atoms with Gasteiger partial charge in [0, 0.05) is 0 Å². The average Bonchev–Trinajstić information content (AvgIpc) is 2.26. The maximum Gasteiger partial charge on any atom is 0.292 e. The summed E-state index contributed by atoms with van der Waals surface area (Å²) in [6, 6.07) is 8.94. The van der Waals surface area contributed by atoms with E-state index in [0.717, 1.165) is 0 Å². The van der Waals surface area contributed by atoms with Crippen LogP contribution in [0.5, 0.6) is 5.75 Å². The fourth-order valence-corrected chi connectivity index (χ4v) is 0.541. The summed E-state index contributed by atoms with van der Waals surface area (Å²) in [6.07, 6.45) is 1.58. The Morgan fingerprint density at radius 3 is 1.85 bits per heavy atom. The van der Waals surface area contributed by atoms with Gasteiger partial charge in [-0.1, -0.05) is 45.9 Å². The van der Waals surface area contributed by atoms with Gasteiger partial charge in [-0.3, -0.25) is 0 Å². The zero-order valence-electron chi connectivity index (χ0n) is 8.74. The van der Waals surface area contributed by atoms with Crippen molar-refractivity contribution in [1.29, 1.82) is 5.26 Å². The van der Waals surface area contributed by atoms with E-state index in [-0.39, 0.29) is 0 Å². The number of hydrogen-bond donors (Lipinski definition) is 0. The second kappa shape index (κ2) is 13.1. The maximum atomic E-state index is 8.05. The highest BCUT2D eigenvalue weighted by Crippen LogP contribution is 2.06. The van der Waals surface area contributed by atoms with Gasteiger partial charge in [0.2, 0.25) is 0 Å². The SMILES string of the molecule is CC.CC.N#COc1ccccc1. The number of nitrogens with zero attached hydrogens (tertiary/aromatic N) is 1. The summed E-state index contributed by atoms with van der Waals surface area (Å²) in [4.78, 5) is 0. The molecular weight excluding hydrogens is 162 g/mol. The minimum atomic E-state index is 0.583. The minimum absolute atomic E-state index is 0.583. The first-order valence-corrected chi connectivity index (χ1v) is 4.54. The van der Waals surface area contributed by atoms with Crippen molar-refractivity contribution in [1.82, 2.24) is 0 Å². The molecule has 0 N–H and O–H groups in total. The van der Waals surface area contributed by atoms with Crippen molar-refractivity contribution >= 4 is 0 Å². The number of benzene rings is 1. The smallest absolute Gasteiger partial charge is 0.292 e. The fourth-order valence-electron chi connectivity index (χ4n) is 0.541. The largest absolute Gasteiger partial charge is 0.388 e. The number of hydrogen-bond acceptors (Lipinski definition) is 2. The van der Waals surface area contributed by atoms with E-state index in [1.165, 1.54) is 0 Å². The van der Waals surface area contributed by atoms with Crippen LogP contribution in [0.2, 0.25) is 0 Å². The molecule has 0 saturated carbocycles. The van der Waals surface area contributed by atoms with Gasteiger partial charge in [0.25, 0.3) is 6.26 Å². The molecule has 0 aliphatic carbocycles. The van der Waals surface area contributed by atoms with Crippen molar-refractivity contribution in [3.05, 3.63) is 30.3 Å². The van der Waals surface area contributed by atoms with Crippen molar-refractivity contribution in [2.24, 2.45) is 0 Å². The van der Waals surface area contributed by atoms with E-state index in [4.69, 9.17) is 5.26 Å². The van der Waals surface area contributed by atoms with Gasteiger partial charge < -0.3 is 4.74 Å². The standard InChI is InChI=1S/C7H5NO.2C2H6/c8-6-9-7-4-2-1-3-5-7;2*1-2/h1-5H;2*1-2H3. The molecule has 1 aromatic carbocycles. The Kier molecular flexibility index (Phi) is 14.2. The average molecular weight is 179 g/mol. The Balaban J connectivity index is 0. The van der Waals surface area contributed by atoms with Crippen LogP contribution < -0.4 is 4.74 Å². The van der Waals surface area contributed by atoms with E-state index in [0.29, 0.717) is 5.75 Å². The van der Waals surface area contributed by atoms with Crippen LogP contribution in [0.1, 0.15) is 27.7 Å². The normalized spacial score (nSPS) is 6.38. The minimum Gasteiger partial charge on any atom is -0.388 e. The molecule has 0 aromatic heterocycles. The van der Waals surface area contributed by atoms with Crippen LogP contribution in [0.3, 0.4) is 0 Å². The summed E-state index contributed by atoms with van der Waals surface area (Å²) in [7, 11) is 0. The van der Waals surface area contributed by atoms with E-state index in [9.17, 15) is 0 Å². The molecule has 72 valence electrons. The highest BCUT2D eigenvalue weighted by atomic mass is 16.5. The third-order valence-corrected chi connectivity index (χ3v) is 0.907. The summed E-state index contributed by atoms with van der Waals surface area (Å²) in [5.41, 5.74) is 0. The van der Waals surface area contributed by atoms with Crippen LogP contribution >= 0.6 is 0 Å². The van der Waals surface area contributed by atoms with Gasteiger partial charge in [-0.15, -0.1) is 5.26 Å². The summed E-state index contributed by atoms with van der Waals surface area (Å²) in [6.45, 7) is 8.00. The molecule has 0 spiro atoms. The van der Waals surface area contributed by atoms with Crippen LogP contribution in [0.4, 0.5) is 0 Å². The van der Waals surface area contributed by atoms with E-state index in [2.05, 4.69) is 4.74 Å². The summed E-state index contributed by atoms with van der Waals surface area (Å²) < 4.78 is 4.51. The number of rotatable bonds is 1. The van der Waals surface area contributed by atoms with Crippen LogP contribution in [0.25, 0.3) is 0 Å². The molecule has 0 saturated heterocycles. The van der Waals surface area contributed by atoms with Crippen molar-refractivity contribution in [3.63, 3.8) is 0 Å². The second-order valence-corrected chi connectivity index (χ2v) is 1.51. The van der Waals surface area contributed by atoms with Crippen molar-refractivity contribution in [2.45, 2.75) is 27.7 Å². The molecule has 0 radical (unpaired) electrons. The molecule has 2 heteroatoms. The van der Waals surface area contributed by atoms with Gasteiger partial charge >= 0.3 is 0 Å². The summed E-state index contributed by atoms with van der Waals surface area (Å²) in [5.74, 6) is 0.583. The van der Waals surface area contributed by atoms with E-state index in [1.54, 1.807) is 18.4 Å². The lowest BCUT2D eigenvalue weighted by molar-refractivity contribution is 0.507. The summed E-state index contributed by atoms with van der Waals surface area (Å²) >= 11 is 0. The Labute approximate surface area is 80.8 Å². The van der Waals surface area contributed by atoms with Crippen molar-refractivity contribution in [2.75, 3.05) is 0 Å². The molecule has 0 bridgehead atoms. The third kappa shape index (κ3) is 8.42. The molecule has 1 rings (SSSR count). The molecule has 0 unspecified atom stereocenters. The molecule has 0 heterocycles. The maximum absolute atomic E-state index is 8.05. The predicted molar refractivity (Wildman–Crippen MR) is 55.4 cm³/mol. The zero-order chi connectivity index (χ0) is 10.5. The molecule has 2 nitrogen and oxygen atoms in total. The highest BCUT2D eigenvalue weighted by Gasteiger charge is 1.84. The fraction of sp³-hybridized carbons (Fsp3) is 0.364. The van der Waals surface area contributed by atoms with Gasteiger partial charge in [-0.25, -0.2) is 0 Å². The lowest BCUT2D eigenvalue weighted by Crippen LogP contribution is -1.78. The lowest BCUT2D eigenvalue weighted by Gasteiger charge is -1.89. The Morgan fingerprint density at radius 2 is 1.46 bits per heavy atom. The molecule has 13 heavy (non-hydrogen) atoms. The van der Waals surface area contributed by atoms with Gasteiger partial charge in [0.1, 0.15) is 5.75 Å². The molecule has 0 amide bonds. The van der Waals surface area contributed by atoms with Gasteiger partial charge in [0.15, 0.2) is 0 Å². The van der Waals surface area contributed by atoms with E-state index in [1.807, 2.05) is 45.9 Å². The molecule has 0 aliphatic heterocycles. The zero-order valence-corrected chi connectivity index (χ0v) is 8.74. The lowest BCUT2D eigenvalue weighted by atomic mass is 10.3. The topological polar surface area (TPSA) is 33.0 Å². The van der Waals surface area contributed by atoms with Gasteiger partial charge in [-0.05, 0) is 12.1 Å². The predicted octanol–water partition coefficient (Wildman–Crippen LogP) is 3.60. The molecule has 1 aromatic rings. The van der Waals surface area contributed by atoms with E-state index < -0.39 is 0 Å². The first-order valence-electron chi connectivity index (χ1n) is 4.54. The Bertz CT molecular complexity index is 213. The Morgan fingerprint density at radius 1 is 1.00 bits per heavy atom. The Hall–Kier alpha value is -1.49. The first kappa shape index (κ1) is 14.1. The molecule has 0 atom stereocenters. The van der Waals surface area contributed by atoms with Crippen molar-refractivity contribution in [3.8, 4) is 12.0 Å². The van der Waals surface area contributed by atoms with Crippen LogP contribution in [-0.4, -0.2) is 0 Å². The molecule has 0 fully saturated rings. The highest BCUT2D eigenvalue weighted by molar-refractivity contribution is 5.21. The van der Waals surface area contributed by atoms with Crippen LogP contribution in [0, 0.1) is 11.5 Å². The number of ether oxygens (including phenoxy) is 1. The van der Waals surface area contributed by atoms with Crippen LogP contribution in [0.15, 0.2) is 30.3 Å². The third-order valence-electron chi connectivity index (χ3n) is 0.907.